The van der Waals surface area contributed by atoms with E-state index in [9.17, 15) is 8.78 Å². The molecule has 3 rings (SSSR count). The van der Waals surface area contributed by atoms with Gasteiger partial charge in [0.2, 0.25) is 5.92 Å². The maximum atomic E-state index is 13.8. The number of halogens is 2. The van der Waals surface area contributed by atoms with Crippen LogP contribution in [-0.2, 0) is 0 Å². The van der Waals surface area contributed by atoms with Gasteiger partial charge in [0, 0.05) is 30.4 Å². The molecule has 0 radical (unpaired) electrons. The number of alkyl halides is 2. The fraction of sp³-hybridized carbons (Fsp3) is 0.696. The zero-order valence-corrected chi connectivity index (χ0v) is 16.5. The molecule has 0 spiro atoms. The smallest absolute Gasteiger partial charge is 0.248 e. The highest BCUT2D eigenvalue weighted by Gasteiger charge is 2.35. The molecule has 0 aromatic carbocycles. The molecule has 1 unspecified atom stereocenters. The van der Waals surface area contributed by atoms with E-state index in [0.717, 1.165) is 25.0 Å². The highest BCUT2D eigenvalue weighted by atomic mass is 19.3. The van der Waals surface area contributed by atoms with Gasteiger partial charge in [-0.2, -0.15) is 0 Å². The van der Waals surface area contributed by atoms with E-state index in [0.29, 0.717) is 18.8 Å². The largest absolute Gasteiger partial charge is 0.305 e. The summed E-state index contributed by atoms with van der Waals surface area (Å²) in [6.45, 7) is 6.48. The summed E-state index contributed by atoms with van der Waals surface area (Å²) in [6, 6.07) is 0. The van der Waals surface area contributed by atoms with Crippen LogP contribution in [0.4, 0.5) is 8.78 Å². The van der Waals surface area contributed by atoms with Gasteiger partial charge < -0.3 is 5.41 Å². The van der Waals surface area contributed by atoms with E-state index >= 15 is 0 Å². The van der Waals surface area contributed by atoms with Crippen LogP contribution in [0.2, 0.25) is 0 Å². The Balaban J connectivity index is 1.83. The molecule has 0 aromatic heterocycles. The quantitative estimate of drug-likeness (QED) is 0.404. The molecule has 2 fully saturated rings. The Morgan fingerprint density at radius 2 is 1.77 bits per heavy atom. The van der Waals surface area contributed by atoms with Crippen molar-refractivity contribution in [3.8, 4) is 0 Å². The van der Waals surface area contributed by atoms with E-state index in [-0.39, 0.29) is 24.7 Å². The van der Waals surface area contributed by atoms with E-state index in [2.05, 4.69) is 32.9 Å². The van der Waals surface area contributed by atoms with Crippen molar-refractivity contribution in [1.29, 1.82) is 5.41 Å². The summed E-state index contributed by atoms with van der Waals surface area (Å²) in [5.74, 6) is -1.59. The van der Waals surface area contributed by atoms with Gasteiger partial charge in [-0.15, -0.1) is 0 Å². The Bertz CT molecular complexity index is 647. The van der Waals surface area contributed by atoms with Gasteiger partial charge in [0.05, 0.1) is 0 Å². The minimum absolute atomic E-state index is 0.0143. The molecule has 2 saturated carbocycles. The lowest BCUT2D eigenvalue weighted by Gasteiger charge is -2.32. The van der Waals surface area contributed by atoms with Gasteiger partial charge in [0.15, 0.2) is 0 Å². The van der Waals surface area contributed by atoms with Crippen molar-refractivity contribution in [3.63, 3.8) is 0 Å². The van der Waals surface area contributed by atoms with E-state index in [1.165, 1.54) is 35.1 Å². The first-order valence-electron chi connectivity index (χ1n) is 10.4. The molecule has 1 nitrogen and oxygen atoms in total. The summed E-state index contributed by atoms with van der Waals surface area (Å²) in [4.78, 5) is 0. The molecule has 0 heterocycles. The van der Waals surface area contributed by atoms with Gasteiger partial charge in [-0.05, 0) is 74.7 Å². The molecule has 3 aliphatic rings. The van der Waals surface area contributed by atoms with Gasteiger partial charge in [-0.25, -0.2) is 8.78 Å². The van der Waals surface area contributed by atoms with Crippen molar-refractivity contribution in [1.82, 2.24) is 0 Å². The summed E-state index contributed by atoms with van der Waals surface area (Å²) in [6.07, 6.45) is 11.2. The second-order valence-electron chi connectivity index (χ2n) is 8.69. The molecule has 2 atom stereocenters. The number of nitrogens with one attached hydrogen (secondary N) is 1. The minimum atomic E-state index is -2.49. The third-order valence-corrected chi connectivity index (χ3v) is 6.91. The maximum Gasteiger partial charge on any atom is 0.248 e. The van der Waals surface area contributed by atoms with Crippen molar-refractivity contribution in [2.24, 2.45) is 17.8 Å². The molecule has 0 aromatic rings. The number of hydrogen-bond donors (Lipinski definition) is 1. The lowest BCUT2D eigenvalue weighted by molar-refractivity contribution is -0.0145. The van der Waals surface area contributed by atoms with Crippen LogP contribution >= 0.6 is 0 Å². The van der Waals surface area contributed by atoms with Gasteiger partial charge in [0.1, 0.15) is 0 Å². The summed E-state index contributed by atoms with van der Waals surface area (Å²) in [5.41, 5.74) is 5.83. The molecule has 0 aliphatic heterocycles. The lowest BCUT2D eigenvalue weighted by atomic mass is 9.73. The highest BCUT2D eigenvalue weighted by Crippen LogP contribution is 2.44. The van der Waals surface area contributed by atoms with Crippen LogP contribution in [0.3, 0.4) is 0 Å². The Morgan fingerprint density at radius 1 is 1.08 bits per heavy atom. The Kier molecular flexibility index (Phi) is 5.84. The van der Waals surface area contributed by atoms with Crippen molar-refractivity contribution >= 4 is 5.71 Å². The second-order valence-corrected chi connectivity index (χ2v) is 8.69. The van der Waals surface area contributed by atoms with Crippen LogP contribution in [0.5, 0.6) is 0 Å². The summed E-state index contributed by atoms with van der Waals surface area (Å²) in [5, 5.41) is 8.55. The average molecular weight is 362 g/mol. The van der Waals surface area contributed by atoms with Crippen LogP contribution in [-0.4, -0.2) is 11.6 Å². The second kappa shape index (κ2) is 7.78. The predicted molar refractivity (Wildman–Crippen MR) is 105 cm³/mol. The number of rotatable bonds is 3. The average Bonchev–Trinajstić information content (AvgIpc) is 3.06. The SMILES string of the molecule is CC1=C(C)/C(=C/C(=N)C2CCCC2)[C@H](C)C(C2CCCC(F)(F)CC2)=C1. The van der Waals surface area contributed by atoms with E-state index in [4.69, 9.17) is 5.41 Å². The molecular weight excluding hydrogens is 328 g/mol. The van der Waals surface area contributed by atoms with Gasteiger partial charge in [-0.3, -0.25) is 0 Å². The van der Waals surface area contributed by atoms with Crippen molar-refractivity contribution in [2.45, 2.75) is 84.5 Å². The first kappa shape index (κ1) is 19.5. The summed E-state index contributed by atoms with van der Waals surface area (Å²) < 4.78 is 27.6. The molecule has 144 valence electrons. The van der Waals surface area contributed by atoms with Crippen molar-refractivity contribution < 1.29 is 8.78 Å². The molecule has 3 heteroatoms. The maximum absolute atomic E-state index is 13.8. The fourth-order valence-corrected chi connectivity index (χ4v) is 5.04. The normalized spacial score (nSPS) is 31.9. The standard InChI is InChI=1S/C23H33F2N/c1-15-13-21(18-9-6-11-23(24,25)12-10-18)17(3)20(16(15)2)14-22(26)19-7-4-5-8-19/h13-14,17-19,26H,4-12H2,1-3H3/b20-14-,26-22?/t17-,18?/m0/s1. The van der Waals surface area contributed by atoms with Crippen LogP contribution in [0.1, 0.15) is 78.6 Å². The first-order valence-corrected chi connectivity index (χ1v) is 10.4. The van der Waals surface area contributed by atoms with Crippen molar-refractivity contribution in [3.05, 3.63) is 34.4 Å². The van der Waals surface area contributed by atoms with Gasteiger partial charge in [-0.1, -0.05) is 31.4 Å². The van der Waals surface area contributed by atoms with Crippen molar-refractivity contribution in [2.75, 3.05) is 0 Å². The van der Waals surface area contributed by atoms with Crippen LogP contribution in [0.15, 0.2) is 34.4 Å². The van der Waals surface area contributed by atoms with Crippen LogP contribution in [0, 0.1) is 23.2 Å². The van der Waals surface area contributed by atoms with E-state index in [1.807, 2.05) is 0 Å². The number of hydrogen-bond acceptors (Lipinski definition) is 1. The zero-order valence-electron chi connectivity index (χ0n) is 16.5. The molecular formula is C23H33F2N. The van der Waals surface area contributed by atoms with Crippen LogP contribution < -0.4 is 0 Å². The molecule has 1 N–H and O–H groups in total. The number of allylic oxidation sites excluding steroid dienone is 6. The molecule has 0 bridgehead atoms. The first-order chi connectivity index (χ1) is 12.3. The Labute approximate surface area is 157 Å². The molecule has 26 heavy (non-hydrogen) atoms. The molecule has 3 aliphatic carbocycles. The van der Waals surface area contributed by atoms with Gasteiger partial charge in [0.25, 0.3) is 0 Å². The predicted octanol–water partition coefficient (Wildman–Crippen LogP) is 7.25. The summed E-state index contributed by atoms with van der Waals surface area (Å²) >= 11 is 0. The Morgan fingerprint density at radius 3 is 2.46 bits per heavy atom. The third kappa shape index (κ3) is 4.18. The fourth-order valence-electron chi connectivity index (χ4n) is 5.04. The summed E-state index contributed by atoms with van der Waals surface area (Å²) in [7, 11) is 0. The van der Waals surface area contributed by atoms with E-state index in [1.54, 1.807) is 0 Å². The topological polar surface area (TPSA) is 23.9 Å². The third-order valence-electron chi connectivity index (χ3n) is 6.91. The van der Waals surface area contributed by atoms with Crippen LogP contribution in [0.25, 0.3) is 0 Å². The highest BCUT2D eigenvalue weighted by molar-refractivity contribution is 5.95. The molecule has 0 saturated heterocycles. The lowest BCUT2D eigenvalue weighted by Crippen LogP contribution is -2.20. The zero-order chi connectivity index (χ0) is 18.9. The monoisotopic (exact) mass is 361 g/mol. The molecule has 0 amide bonds. The Hall–Kier alpha value is -1.25. The van der Waals surface area contributed by atoms with E-state index < -0.39 is 5.92 Å². The van der Waals surface area contributed by atoms with Gasteiger partial charge >= 0.3 is 0 Å². The minimum Gasteiger partial charge on any atom is -0.305 e.